The van der Waals surface area contributed by atoms with Crippen LogP contribution in [-0.2, 0) is 0 Å². The summed E-state index contributed by atoms with van der Waals surface area (Å²) in [5.74, 6) is 0. The van der Waals surface area contributed by atoms with Gasteiger partial charge in [0.1, 0.15) is 0 Å². The lowest BCUT2D eigenvalue weighted by Crippen LogP contribution is -2.31. The predicted octanol–water partition coefficient (Wildman–Crippen LogP) is 0.620. The third kappa shape index (κ3) is 2.28. The topological polar surface area (TPSA) is 43.7 Å². The highest BCUT2D eigenvalue weighted by molar-refractivity contribution is 6.62. The first kappa shape index (κ1) is 10.8. The molecule has 0 unspecified atom stereocenters. The molecule has 2 rings (SSSR count). The summed E-state index contributed by atoms with van der Waals surface area (Å²) in [5, 5.41) is 18.4. The second kappa shape index (κ2) is 4.43. The predicted molar refractivity (Wildman–Crippen MR) is 62.7 cm³/mol. The first-order valence-corrected chi connectivity index (χ1v) is 5.47. The lowest BCUT2D eigenvalue weighted by molar-refractivity contribution is 0.426. The van der Waals surface area contributed by atoms with Crippen LogP contribution in [0.4, 0.5) is 5.69 Å². The van der Waals surface area contributed by atoms with Gasteiger partial charge in [-0.25, -0.2) is 0 Å². The van der Waals surface area contributed by atoms with Crippen molar-refractivity contribution >= 4 is 29.9 Å². The summed E-state index contributed by atoms with van der Waals surface area (Å²) in [6.07, 6.45) is 2.42. The molecular formula is C10H13BClNO2. The highest BCUT2D eigenvalue weighted by Crippen LogP contribution is 2.22. The van der Waals surface area contributed by atoms with Gasteiger partial charge in [0.2, 0.25) is 0 Å². The number of hydrogen-bond donors (Lipinski definition) is 2. The number of anilines is 1. The van der Waals surface area contributed by atoms with Crippen LogP contribution in [0.5, 0.6) is 0 Å². The smallest absolute Gasteiger partial charge is 0.423 e. The first-order valence-electron chi connectivity index (χ1n) is 5.09. The van der Waals surface area contributed by atoms with Crippen LogP contribution < -0.4 is 10.4 Å². The molecule has 0 aliphatic carbocycles. The van der Waals surface area contributed by atoms with Crippen LogP contribution in [0.15, 0.2) is 18.2 Å². The Balaban J connectivity index is 2.24. The van der Waals surface area contributed by atoms with Crippen molar-refractivity contribution in [1.29, 1.82) is 0 Å². The van der Waals surface area contributed by atoms with Crippen molar-refractivity contribution in [3.63, 3.8) is 0 Å². The lowest BCUT2D eigenvalue weighted by atomic mass is 9.80. The second-order valence-electron chi connectivity index (χ2n) is 3.77. The minimum Gasteiger partial charge on any atom is -0.423 e. The summed E-state index contributed by atoms with van der Waals surface area (Å²) in [7, 11) is -1.50. The maximum Gasteiger partial charge on any atom is 0.489 e. The number of halogens is 1. The van der Waals surface area contributed by atoms with E-state index in [-0.39, 0.29) is 0 Å². The van der Waals surface area contributed by atoms with Gasteiger partial charge in [-0.05, 0) is 25.0 Å². The van der Waals surface area contributed by atoms with E-state index in [1.807, 2.05) is 6.07 Å². The normalized spacial score (nSPS) is 15.8. The Morgan fingerprint density at radius 3 is 2.40 bits per heavy atom. The standard InChI is InChI=1S/C10H13BClNO2/c12-10-7-8(13-5-1-2-6-13)3-4-9(10)11(14)15/h3-4,7,14-15H,1-2,5-6H2. The van der Waals surface area contributed by atoms with Gasteiger partial charge in [0.25, 0.3) is 0 Å². The molecule has 1 fully saturated rings. The minimum atomic E-state index is -1.50. The van der Waals surface area contributed by atoms with Crippen molar-refractivity contribution in [3.8, 4) is 0 Å². The van der Waals surface area contributed by atoms with Crippen LogP contribution in [-0.4, -0.2) is 30.3 Å². The molecule has 1 aliphatic heterocycles. The highest BCUT2D eigenvalue weighted by atomic mass is 35.5. The molecule has 1 aromatic carbocycles. The molecule has 0 amide bonds. The second-order valence-corrected chi connectivity index (χ2v) is 4.18. The maximum absolute atomic E-state index is 9.02. The fourth-order valence-corrected chi connectivity index (χ4v) is 2.17. The number of hydrogen-bond acceptors (Lipinski definition) is 3. The summed E-state index contributed by atoms with van der Waals surface area (Å²) in [6.45, 7) is 2.11. The molecule has 0 atom stereocenters. The highest BCUT2D eigenvalue weighted by Gasteiger charge is 2.18. The number of nitrogens with zero attached hydrogens (tertiary/aromatic N) is 1. The summed E-state index contributed by atoms with van der Waals surface area (Å²) in [4.78, 5) is 2.25. The zero-order chi connectivity index (χ0) is 10.8. The van der Waals surface area contributed by atoms with Crippen LogP contribution in [0.25, 0.3) is 0 Å². The van der Waals surface area contributed by atoms with Crippen molar-refractivity contribution in [3.05, 3.63) is 23.2 Å². The largest absolute Gasteiger partial charge is 0.489 e. The summed E-state index contributed by atoms with van der Waals surface area (Å²) >= 11 is 5.96. The summed E-state index contributed by atoms with van der Waals surface area (Å²) in [6, 6.07) is 5.34. The summed E-state index contributed by atoms with van der Waals surface area (Å²) in [5.41, 5.74) is 1.42. The molecule has 2 N–H and O–H groups in total. The Kier molecular flexibility index (Phi) is 3.19. The monoisotopic (exact) mass is 225 g/mol. The fourth-order valence-electron chi connectivity index (χ4n) is 1.90. The van der Waals surface area contributed by atoms with E-state index in [0.717, 1.165) is 18.8 Å². The van der Waals surface area contributed by atoms with E-state index in [9.17, 15) is 0 Å². The van der Waals surface area contributed by atoms with Gasteiger partial charge in [0, 0.05) is 29.3 Å². The van der Waals surface area contributed by atoms with E-state index < -0.39 is 7.12 Å². The van der Waals surface area contributed by atoms with E-state index in [1.54, 1.807) is 12.1 Å². The molecule has 0 spiro atoms. The minimum absolute atomic E-state index is 0.361. The van der Waals surface area contributed by atoms with E-state index in [4.69, 9.17) is 21.6 Å². The van der Waals surface area contributed by atoms with Crippen molar-refractivity contribution in [1.82, 2.24) is 0 Å². The Bertz CT molecular complexity index is 353. The average Bonchev–Trinajstić information content (AvgIpc) is 2.69. The zero-order valence-electron chi connectivity index (χ0n) is 8.36. The van der Waals surface area contributed by atoms with Crippen LogP contribution >= 0.6 is 11.6 Å². The zero-order valence-corrected chi connectivity index (χ0v) is 9.11. The van der Waals surface area contributed by atoms with Gasteiger partial charge >= 0.3 is 7.12 Å². The quantitative estimate of drug-likeness (QED) is 0.725. The van der Waals surface area contributed by atoms with Crippen LogP contribution in [0.1, 0.15) is 12.8 Å². The molecule has 1 saturated heterocycles. The molecule has 0 radical (unpaired) electrons. The van der Waals surface area contributed by atoms with Gasteiger partial charge in [-0.3, -0.25) is 0 Å². The Labute approximate surface area is 94.4 Å². The lowest BCUT2D eigenvalue weighted by Gasteiger charge is -2.18. The van der Waals surface area contributed by atoms with Crippen molar-refractivity contribution in [2.45, 2.75) is 12.8 Å². The van der Waals surface area contributed by atoms with Gasteiger partial charge in [-0.2, -0.15) is 0 Å². The molecule has 80 valence electrons. The Morgan fingerprint density at radius 2 is 1.87 bits per heavy atom. The van der Waals surface area contributed by atoms with Crippen molar-refractivity contribution < 1.29 is 10.0 Å². The molecule has 0 aromatic heterocycles. The summed E-state index contributed by atoms with van der Waals surface area (Å²) < 4.78 is 0. The molecular weight excluding hydrogens is 212 g/mol. The Morgan fingerprint density at radius 1 is 1.20 bits per heavy atom. The molecule has 1 heterocycles. The molecule has 3 nitrogen and oxygen atoms in total. The Hall–Kier alpha value is -0.705. The SMILES string of the molecule is OB(O)c1ccc(N2CCCC2)cc1Cl. The van der Waals surface area contributed by atoms with Gasteiger partial charge in [0.05, 0.1) is 0 Å². The van der Waals surface area contributed by atoms with Crippen LogP contribution in [0, 0.1) is 0 Å². The number of benzene rings is 1. The van der Waals surface area contributed by atoms with E-state index >= 15 is 0 Å². The molecule has 1 aromatic rings. The van der Waals surface area contributed by atoms with E-state index in [0.29, 0.717) is 10.5 Å². The van der Waals surface area contributed by atoms with Gasteiger partial charge in [0.15, 0.2) is 0 Å². The number of rotatable bonds is 2. The van der Waals surface area contributed by atoms with Gasteiger partial charge in [-0.15, -0.1) is 0 Å². The molecule has 15 heavy (non-hydrogen) atoms. The first-order chi connectivity index (χ1) is 7.18. The fraction of sp³-hybridized carbons (Fsp3) is 0.400. The maximum atomic E-state index is 9.02. The van der Waals surface area contributed by atoms with E-state index in [2.05, 4.69) is 4.90 Å². The molecule has 1 aliphatic rings. The third-order valence-electron chi connectivity index (χ3n) is 2.73. The van der Waals surface area contributed by atoms with Crippen molar-refractivity contribution in [2.75, 3.05) is 18.0 Å². The van der Waals surface area contributed by atoms with E-state index in [1.165, 1.54) is 12.8 Å². The van der Waals surface area contributed by atoms with Gasteiger partial charge < -0.3 is 14.9 Å². The molecule has 0 bridgehead atoms. The molecule has 0 saturated carbocycles. The van der Waals surface area contributed by atoms with Crippen molar-refractivity contribution in [2.24, 2.45) is 0 Å². The third-order valence-corrected chi connectivity index (χ3v) is 3.06. The average molecular weight is 225 g/mol. The van der Waals surface area contributed by atoms with Gasteiger partial charge in [-0.1, -0.05) is 17.7 Å². The molecule has 5 heteroatoms. The van der Waals surface area contributed by atoms with Crippen LogP contribution in [0.3, 0.4) is 0 Å². The van der Waals surface area contributed by atoms with Crippen LogP contribution in [0.2, 0.25) is 5.02 Å².